The molecule has 0 aliphatic carbocycles. The number of aromatic carboxylic acids is 1. The zero-order chi connectivity index (χ0) is 14.8. The van der Waals surface area contributed by atoms with Gasteiger partial charge in [-0.2, -0.15) is 0 Å². The number of hydrogen-bond acceptors (Lipinski definition) is 3. The molecule has 0 bridgehead atoms. The zero-order valence-corrected chi connectivity index (χ0v) is 9.89. The van der Waals surface area contributed by atoms with Gasteiger partial charge in [0.2, 0.25) is 0 Å². The van der Waals surface area contributed by atoms with Gasteiger partial charge in [-0.15, -0.1) is 13.2 Å². The fourth-order valence-electron chi connectivity index (χ4n) is 1.63. The van der Waals surface area contributed by atoms with E-state index in [1.54, 1.807) is 12.1 Å². The van der Waals surface area contributed by atoms with Gasteiger partial charge in [-0.05, 0) is 35.4 Å². The van der Waals surface area contributed by atoms with Crippen molar-refractivity contribution in [2.45, 2.75) is 6.36 Å². The van der Waals surface area contributed by atoms with E-state index in [0.29, 0.717) is 11.1 Å². The number of carboxylic acid groups (broad SMARTS) is 1. The maximum absolute atomic E-state index is 12.3. The fraction of sp³-hybridized carbons (Fsp3) is 0.0769. The van der Waals surface area contributed by atoms with Crippen LogP contribution in [0.5, 0.6) is 5.75 Å². The summed E-state index contributed by atoms with van der Waals surface area (Å²) in [6.45, 7) is 0. The molecule has 1 N–H and O–H groups in total. The molecule has 0 spiro atoms. The van der Waals surface area contributed by atoms with Crippen molar-refractivity contribution in [2.24, 2.45) is 0 Å². The maximum atomic E-state index is 12.3. The summed E-state index contributed by atoms with van der Waals surface area (Å²) in [6, 6.07) is 6.69. The maximum Gasteiger partial charge on any atom is 0.573 e. The number of nitrogens with zero attached hydrogens (tertiary/aromatic N) is 1. The number of aromatic nitrogens is 1. The Morgan fingerprint density at radius 1 is 1.10 bits per heavy atom. The predicted octanol–water partition coefficient (Wildman–Crippen LogP) is 3.35. The molecule has 0 saturated heterocycles. The van der Waals surface area contributed by atoms with E-state index in [9.17, 15) is 18.0 Å². The van der Waals surface area contributed by atoms with Gasteiger partial charge < -0.3 is 9.84 Å². The molecule has 4 nitrogen and oxygen atoms in total. The standard InChI is InChI=1S/C13H8F3NO3/c14-13(15,16)20-11-7-9(1-2-10(11)12(18)19)8-3-5-17-6-4-8/h1-7H,(H,18,19). The van der Waals surface area contributed by atoms with E-state index < -0.39 is 23.6 Å². The number of hydrogen-bond donors (Lipinski definition) is 1. The van der Waals surface area contributed by atoms with Crippen LogP contribution >= 0.6 is 0 Å². The highest BCUT2D eigenvalue weighted by molar-refractivity contribution is 5.92. The lowest BCUT2D eigenvalue weighted by atomic mass is 10.0. The summed E-state index contributed by atoms with van der Waals surface area (Å²) in [7, 11) is 0. The molecule has 1 heterocycles. The highest BCUT2D eigenvalue weighted by Crippen LogP contribution is 2.31. The van der Waals surface area contributed by atoms with Crippen molar-refractivity contribution in [3.05, 3.63) is 48.3 Å². The lowest BCUT2D eigenvalue weighted by Crippen LogP contribution is -2.19. The fourth-order valence-corrected chi connectivity index (χ4v) is 1.63. The molecular formula is C13H8F3NO3. The Kier molecular flexibility index (Phi) is 3.60. The number of carbonyl (C=O) groups is 1. The topological polar surface area (TPSA) is 59.4 Å². The Morgan fingerprint density at radius 3 is 2.30 bits per heavy atom. The molecule has 0 amide bonds. The van der Waals surface area contributed by atoms with Crippen LogP contribution in [0, 0.1) is 0 Å². The zero-order valence-electron chi connectivity index (χ0n) is 9.89. The Morgan fingerprint density at radius 2 is 1.75 bits per heavy atom. The van der Waals surface area contributed by atoms with Crippen molar-refractivity contribution in [1.82, 2.24) is 4.98 Å². The van der Waals surface area contributed by atoms with Crippen LogP contribution in [-0.4, -0.2) is 22.4 Å². The molecule has 0 aliphatic rings. The first-order chi connectivity index (χ1) is 9.37. The van der Waals surface area contributed by atoms with Gasteiger partial charge in [0.25, 0.3) is 0 Å². The van der Waals surface area contributed by atoms with Gasteiger partial charge in [0.15, 0.2) is 0 Å². The molecule has 20 heavy (non-hydrogen) atoms. The summed E-state index contributed by atoms with van der Waals surface area (Å²) < 4.78 is 40.6. The van der Waals surface area contributed by atoms with E-state index in [4.69, 9.17) is 5.11 Å². The average molecular weight is 283 g/mol. The normalized spacial score (nSPS) is 11.2. The SMILES string of the molecule is O=C(O)c1ccc(-c2ccncc2)cc1OC(F)(F)F. The summed E-state index contributed by atoms with van der Waals surface area (Å²) >= 11 is 0. The number of benzene rings is 1. The third kappa shape index (κ3) is 3.25. The van der Waals surface area contributed by atoms with Crippen molar-refractivity contribution in [3.63, 3.8) is 0 Å². The molecule has 2 rings (SSSR count). The minimum atomic E-state index is -4.96. The quantitative estimate of drug-likeness (QED) is 0.938. The van der Waals surface area contributed by atoms with Gasteiger partial charge in [-0.25, -0.2) is 4.79 Å². The molecule has 0 fully saturated rings. The molecule has 7 heteroatoms. The van der Waals surface area contributed by atoms with Crippen molar-refractivity contribution in [3.8, 4) is 16.9 Å². The smallest absolute Gasteiger partial charge is 0.478 e. The van der Waals surface area contributed by atoms with Crippen LogP contribution in [0.1, 0.15) is 10.4 Å². The molecule has 0 aliphatic heterocycles. The number of rotatable bonds is 3. The molecule has 0 radical (unpaired) electrons. The average Bonchev–Trinajstić information content (AvgIpc) is 2.37. The third-order valence-electron chi connectivity index (χ3n) is 2.45. The highest BCUT2D eigenvalue weighted by Gasteiger charge is 2.33. The van der Waals surface area contributed by atoms with Gasteiger partial charge >= 0.3 is 12.3 Å². The van der Waals surface area contributed by atoms with E-state index in [1.165, 1.54) is 18.5 Å². The van der Waals surface area contributed by atoms with Gasteiger partial charge in [0.05, 0.1) is 0 Å². The van der Waals surface area contributed by atoms with E-state index >= 15 is 0 Å². The molecule has 2 aromatic rings. The van der Waals surface area contributed by atoms with Crippen LogP contribution < -0.4 is 4.74 Å². The van der Waals surface area contributed by atoms with Crippen LogP contribution in [-0.2, 0) is 0 Å². The van der Waals surface area contributed by atoms with Gasteiger partial charge in [0, 0.05) is 12.4 Å². The van der Waals surface area contributed by atoms with Crippen molar-refractivity contribution >= 4 is 5.97 Å². The highest BCUT2D eigenvalue weighted by atomic mass is 19.4. The first kappa shape index (κ1) is 13.9. The van der Waals surface area contributed by atoms with Gasteiger partial charge in [0.1, 0.15) is 11.3 Å². The van der Waals surface area contributed by atoms with Crippen molar-refractivity contribution in [1.29, 1.82) is 0 Å². The van der Waals surface area contributed by atoms with E-state index in [2.05, 4.69) is 9.72 Å². The van der Waals surface area contributed by atoms with Crippen LogP contribution in [0.15, 0.2) is 42.7 Å². The Balaban J connectivity index is 2.48. The largest absolute Gasteiger partial charge is 0.573 e. The molecule has 0 atom stereocenters. The van der Waals surface area contributed by atoms with Gasteiger partial charge in [-0.1, -0.05) is 6.07 Å². The second-order valence-corrected chi connectivity index (χ2v) is 3.80. The number of alkyl halides is 3. The summed E-state index contributed by atoms with van der Waals surface area (Å²) in [4.78, 5) is 14.7. The number of ether oxygens (including phenoxy) is 1. The van der Waals surface area contributed by atoms with Crippen molar-refractivity contribution in [2.75, 3.05) is 0 Å². The Bertz CT molecular complexity index is 627. The lowest BCUT2D eigenvalue weighted by molar-refractivity contribution is -0.274. The number of carboxylic acids is 1. The first-order valence-corrected chi connectivity index (χ1v) is 5.40. The molecular weight excluding hydrogens is 275 g/mol. The van der Waals surface area contributed by atoms with Gasteiger partial charge in [-0.3, -0.25) is 4.98 Å². The molecule has 0 saturated carbocycles. The molecule has 0 unspecified atom stereocenters. The lowest BCUT2D eigenvalue weighted by Gasteiger charge is -2.12. The summed E-state index contributed by atoms with van der Waals surface area (Å²) in [5.74, 6) is -2.25. The Hall–Kier alpha value is -2.57. The van der Waals surface area contributed by atoms with Crippen molar-refractivity contribution < 1.29 is 27.8 Å². The molecule has 104 valence electrons. The van der Waals surface area contributed by atoms with Crippen LogP contribution in [0.3, 0.4) is 0 Å². The molecule has 1 aromatic heterocycles. The van der Waals surface area contributed by atoms with E-state index in [-0.39, 0.29) is 0 Å². The van der Waals surface area contributed by atoms with E-state index in [0.717, 1.165) is 12.1 Å². The monoisotopic (exact) mass is 283 g/mol. The van der Waals surface area contributed by atoms with Crippen LogP contribution in [0.25, 0.3) is 11.1 Å². The minimum absolute atomic E-state index is 0.400. The second-order valence-electron chi connectivity index (χ2n) is 3.80. The number of pyridine rings is 1. The minimum Gasteiger partial charge on any atom is -0.478 e. The second kappa shape index (κ2) is 5.20. The predicted molar refractivity (Wildman–Crippen MR) is 63.3 cm³/mol. The van der Waals surface area contributed by atoms with E-state index in [1.807, 2.05) is 0 Å². The number of halogens is 3. The van der Waals surface area contributed by atoms with Crippen LogP contribution in [0.2, 0.25) is 0 Å². The molecule has 1 aromatic carbocycles. The summed E-state index contributed by atoms with van der Waals surface area (Å²) in [5.41, 5.74) is 0.445. The first-order valence-electron chi connectivity index (χ1n) is 5.40. The van der Waals surface area contributed by atoms with Crippen LogP contribution in [0.4, 0.5) is 13.2 Å². The summed E-state index contributed by atoms with van der Waals surface area (Å²) in [6.07, 6.45) is -2.00. The summed E-state index contributed by atoms with van der Waals surface area (Å²) in [5, 5.41) is 8.87. The Labute approximate surface area is 111 Å². The third-order valence-corrected chi connectivity index (χ3v) is 2.45.